The summed E-state index contributed by atoms with van der Waals surface area (Å²) in [5.41, 5.74) is 0.213. The first-order valence-corrected chi connectivity index (χ1v) is 3.97. The van der Waals surface area contributed by atoms with E-state index in [0.717, 1.165) is 6.61 Å². The summed E-state index contributed by atoms with van der Waals surface area (Å²) in [6.45, 7) is 5.75. The van der Waals surface area contributed by atoms with Crippen LogP contribution in [0.2, 0.25) is 0 Å². The number of allylic oxidation sites excluding steroid dienone is 1. The van der Waals surface area contributed by atoms with Gasteiger partial charge < -0.3 is 9.47 Å². The molecule has 0 radical (unpaired) electrons. The summed E-state index contributed by atoms with van der Waals surface area (Å²) >= 11 is 0. The molecule has 64 valence electrons. The Morgan fingerprint density at radius 3 is 2.82 bits per heavy atom. The first kappa shape index (κ1) is 8.75. The second-order valence-electron chi connectivity index (χ2n) is 3.26. The highest BCUT2D eigenvalue weighted by Gasteiger charge is 2.41. The van der Waals surface area contributed by atoms with Gasteiger partial charge in [0, 0.05) is 12.5 Å². The molecule has 0 N–H and O–H groups in total. The van der Waals surface area contributed by atoms with Crippen molar-refractivity contribution in [3.8, 4) is 0 Å². The number of ether oxygens (including phenoxy) is 2. The van der Waals surface area contributed by atoms with Crippen molar-refractivity contribution in [3.63, 3.8) is 0 Å². The molecule has 2 heteroatoms. The van der Waals surface area contributed by atoms with Crippen LogP contribution >= 0.6 is 0 Å². The highest BCUT2D eigenvalue weighted by molar-refractivity contribution is 5.05. The predicted molar refractivity (Wildman–Crippen MR) is 44.5 cm³/mol. The van der Waals surface area contributed by atoms with Crippen molar-refractivity contribution in [1.29, 1.82) is 0 Å². The SMILES string of the molecule is CC=CC1(C)COC1COC. The number of hydrogen-bond acceptors (Lipinski definition) is 2. The monoisotopic (exact) mass is 156 g/mol. The van der Waals surface area contributed by atoms with E-state index in [9.17, 15) is 0 Å². The van der Waals surface area contributed by atoms with Crippen LogP contribution in [0.4, 0.5) is 0 Å². The highest BCUT2D eigenvalue weighted by atomic mass is 16.5. The van der Waals surface area contributed by atoms with Crippen LogP contribution in [-0.4, -0.2) is 26.4 Å². The van der Waals surface area contributed by atoms with Crippen molar-refractivity contribution in [2.75, 3.05) is 20.3 Å². The molecule has 2 unspecified atom stereocenters. The van der Waals surface area contributed by atoms with Gasteiger partial charge in [0.25, 0.3) is 0 Å². The van der Waals surface area contributed by atoms with E-state index in [0.29, 0.717) is 6.61 Å². The molecule has 11 heavy (non-hydrogen) atoms. The molecule has 0 saturated carbocycles. The lowest BCUT2D eigenvalue weighted by Gasteiger charge is -2.44. The van der Waals surface area contributed by atoms with Crippen LogP contribution in [0.25, 0.3) is 0 Å². The molecule has 0 aliphatic carbocycles. The van der Waals surface area contributed by atoms with Crippen molar-refractivity contribution >= 4 is 0 Å². The van der Waals surface area contributed by atoms with Gasteiger partial charge in [0.05, 0.1) is 19.3 Å². The van der Waals surface area contributed by atoms with E-state index in [1.807, 2.05) is 6.92 Å². The average Bonchev–Trinajstić information content (AvgIpc) is 1.99. The lowest BCUT2D eigenvalue weighted by Crippen LogP contribution is -2.50. The van der Waals surface area contributed by atoms with Gasteiger partial charge in [-0.05, 0) is 6.92 Å². The highest BCUT2D eigenvalue weighted by Crippen LogP contribution is 2.35. The molecule has 1 aliphatic rings. The van der Waals surface area contributed by atoms with E-state index in [4.69, 9.17) is 9.47 Å². The normalized spacial score (nSPS) is 37.5. The molecule has 0 aromatic carbocycles. The average molecular weight is 156 g/mol. The van der Waals surface area contributed by atoms with E-state index in [2.05, 4.69) is 19.1 Å². The van der Waals surface area contributed by atoms with E-state index < -0.39 is 0 Å². The third kappa shape index (κ3) is 1.63. The van der Waals surface area contributed by atoms with Crippen LogP contribution in [0.3, 0.4) is 0 Å². The molecule has 1 fully saturated rings. The Balaban J connectivity index is 2.45. The van der Waals surface area contributed by atoms with E-state index in [1.54, 1.807) is 7.11 Å². The molecule has 0 amide bonds. The molecule has 1 rings (SSSR count). The van der Waals surface area contributed by atoms with Gasteiger partial charge in [-0.1, -0.05) is 19.1 Å². The smallest absolute Gasteiger partial charge is 0.0918 e. The minimum Gasteiger partial charge on any atom is -0.382 e. The van der Waals surface area contributed by atoms with Gasteiger partial charge in [0.2, 0.25) is 0 Å². The standard InChI is InChI=1S/C9H16O2/c1-4-5-9(2)7-11-8(9)6-10-3/h4-5,8H,6-7H2,1-3H3. The molecule has 0 spiro atoms. The van der Waals surface area contributed by atoms with Crippen molar-refractivity contribution < 1.29 is 9.47 Å². The summed E-state index contributed by atoms with van der Waals surface area (Å²) in [6.07, 6.45) is 4.52. The first-order chi connectivity index (χ1) is 5.23. The Bertz CT molecular complexity index is 154. The van der Waals surface area contributed by atoms with Crippen molar-refractivity contribution in [2.45, 2.75) is 20.0 Å². The lowest BCUT2D eigenvalue weighted by molar-refractivity contribution is -0.173. The van der Waals surface area contributed by atoms with Gasteiger partial charge in [0.15, 0.2) is 0 Å². The molecule has 1 saturated heterocycles. The zero-order valence-corrected chi connectivity index (χ0v) is 7.46. The molecular weight excluding hydrogens is 140 g/mol. The molecule has 0 aromatic heterocycles. The van der Waals surface area contributed by atoms with Crippen LogP contribution in [0.1, 0.15) is 13.8 Å². The molecule has 0 aromatic rings. The second kappa shape index (κ2) is 3.37. The molecule has 1 heterocycles. The largest absolute Gasteiger partial charge is 0.382 e. The topological polar surface area (TPSA) is 18.5 Å². The summed E-state index contributed by atoms with van der Waals surface area (Å²) < 4.78 is 10.4. The number of hydrogen-bond donors (Lipinski definition) is 0. The van der Waals surface area contributed by atoms with Gasteiger partial charge in [-0.25, -0.2) is 0 Å². The summed E-state index contributed by atoms with van der Waals surface area (Å²) in [6, 6.07) is 0. The number of methoxy groups -OCH3 is 1. The summed E-state index contributed by atoms with van der Waals surface area (Å²) in [5.74, 6) is 0. The maximum atomic E-state index is 5.36. The fourth-order valence-corrected chi connectivity index (χ4v) is 1.39. The number of rotatable bonds is 3. The Hall–Kier alpha value is -0.340. The van der Waals surface area contributed by atoms with Crippen LogP contribution < -0.4 is 0 Å². The van der Waals surface area contributed by atoms with Crippen molar-refractivity contribution in [3.05, 3.63) is 12.2 Å². The van der Waals surface area contributed by atoms with Gasteiger partial charge in [-0.15, -0.1) is 0 Å². The predicted octanol–water partition coefficient (Wildman–Crippen LogP) is 1.61. The second-order valence-corrected chi connectivity index (χ2v) is 3.26. The quantitative estimate of drug-likeness (QED) is 0.578. The third-order valence-electron chi connectivity index (χ3n) is 2.20. The van der Waals surface area contributed by atoms with E-state index in [-0.39, 0.29) is 11.5 Å². The van der Waals surface area contributed by atoms with E-state index >= 15 is 0 Å². The minimum absolute atomic E-state index is 0.213. The maximum absolute atomic E-state index is 5.36. The Morgan fingerprint density at radius 1 is 1.73 bits per heavy atom. The van der Waals surface area contributed by atoms with Crippen LogP contribution in [0.15, 0.2) is 12.2 Å². The van der Waals surface area contributed by atoms with Gasteiger partial charge in [0.1, 0.15) is 0 Å². The van der Waals surface area contributed by atoms with Gasteiger partial charge in [-0.3, -0.25) is 0 Å². The Kier molecular flexibility index (Phi) is 2.68. The Morgan fingerprint density at radius 2 is 2.45 bits per heavy atom. The molecular formula is C9H16O2. The summed E-state index contributed by atoms with van der Waals surface area (Å²) in [7, 11) is 1.71. The fourth-order valence-electron chi connectivity index (χ4n) is 1.39. The van der Waals surface area contributed by atoms with Crippen LogP contribution in [0.5, 0.6) is 0 Å². The van der Waals surface area contributed by atoms with E-state index in [1.165, 1.54) is 0 Å². The third-order valence-corrected chi connectivity index (χ3v) is 2.20. The van der Waals surface area contributed by atoms with Crippen molar-refractivity contribution in [2.24, 2.45) is 5.41 Å². The van der Waals surface area contributed by atoms with Crippen LogP contribution in [-0.2, 0) is 9.47 Å². The minimum atomic E-state index is 0.213. The van der Waals surface area contributed by atoms with Crippen molar-refractivity contribution in [1.82, 2.24) is 0 Å². The Labute approximate surface area is 68.2 Å². The summed E-state index contributed by atoms with van der Waals surface area (Å²) in [5, 5.41) is 0. The van der Waals surface area contributed by atoms with Gasteiger partial charge >= 0.3 is 0 Å². The zero-order valence-electron chi connectivity index (χ0n) is 7.46. The molecule has 2 atom stereocenters. The van der Waals surface area contributed by atoms with Gasteiger partial charge in [-0.2, -0.15) is 0 Å². The molecule has 2 nitrogen and oxygen atoms in total. The maximum Gasteiger partial charge on any atom is 0.0918 e. The lowest BCUT2D eigenvalue weighted by atomic mass is 9.80. The van der Waals surface area contributed by atoms with Crippen LogP contribution in [0, 0.1) is 5.41 Å². The fraction of sp³-hybridized carbons (Fsp3) is 0.778. The summed E-state index contributed by atoms with van der Waals surface area (Å²) in [4.78, 5) is 0. The molecule has 1 aliphatic heterocycles. The zero-order chi connectivity index (χ0) is 8.32. The molecule has 0 bridgehead atoms. The first-order valence-electron chi connectivity index (χ1n) is 3.97.